The van der Waals surface area contributed by atoms with Crippen LogP contribution in [0.1, 0.15) is 18.2 Å². The van der Waals surface area contributed by atoms with E-state index >= 15 is 0 Å². The first kappa shape index (κ1) is 20.8. The van der Waals surface area contributed by atoms with Crippen LogP contribution in [0.2, 0.25) is 5.15 Å². The van der Waals surface area contributed by atoms with E-state index in [0.29, 0.717) is 0 Å². The van der Waals surface area contributed by atoms with E-state index in [1.165, 1.54) is 13.8 Å². The molecular formula is C11H10ClF8N3O. The minimum absolute atomic E-state index is 0.0313. The molecule has 1 heterocycles. The molecule has 13 heteroatoms. The summed E-state index contributed by atoms with van der Waals surface area (Å²) in [5, 5.41) is 8.04. The van der Waals surface area contributed by atoms with Gasteiger partial charge >= 0.3 is 30.3 Å². The Hall–Kier alpha value is -1.27. The van der Waals surface area contributed by atoms with Crippen LogP contribution in [0.15, 0.2) is 0 Å². The Morgan fingerprint density at radius 1 is 1.12 bits per heavy atom. The average Bonchev–Trinajstić information content (AvgIpc) is 2.48. The first-order chi connectivity index (χ1) is 10.7. The molecule has 0 aliphatic carbocycles. The summed E-state index contributed by atoms with van der Waals surface area (Å²) in [6.45, 7) is 2.80. The van der Waals surface area contributed by atoms with Crippen LogP contribution >= 0.6 is 11.6 Å². The third-order valence-corrected chi connectivity index (χ3v) is 3.47. The topological polar surface area (TPSA) is 53.3 Å². The second-order valence-corrected chi connectivity index (χ2v) is 5.02. The average molecular weight is 388 g/mol. The highest BCUT2D eigenvalue weighted by Crippen LogP contribution is 2.46. The van der Waals surface area contributed by atoms with E-state index in [0.717, 1.165) is 0 Å². The lowest BCUT2D eigenvalue weighted by atomic mass is 10.1. The van der Waals surface area contributed by atoms with Crippen molar-refractivity contribution in [3.8, 4) is 0 Å². The molecule has 0 aromatic carbocycles. The number of nitrogens with one attached hydrogen (secondary N) is 1. The Kier molecular flexibility index (Phi) is 5.68. The number of halogens is 9. The van der Waals surface area contributed by atoms with Gasteiger partial charge in [0.25, 0.3) is 0 Å². The van der Waals surface area contributed by atoms with E-state index in [1.807, 2.05) is 0 Å². The third-order valence-electron chi connectivity index (χ3n) is 3.10. The molecule has 0 aliphatic heterocycles. The summed E-state index contributed by atoms with van der Waals surface area (Å²) < 4.78 is 103. The number of aromatic nitrogens is 2. The zero-order chi connectivity index (χ0) is 19.1. The fraction of sp³-hybridized carbons (Fsp3) is 0.636. The summed E-state index contributed by atoms with van der Waals surface area (Å²) >= 11 is 5.54. The van der Waals surface area contributed by atoms with E-state index in [2.05, 4.69) is 9.97 Å². The minimum atomic E-state index is -6.67. The maximum absolute atomic E-state index is 13.6. The third kappa shape index (κ3) is 3.14. The van der Waals surface area contributed by atoms with Gasteiger partial charge in [0.05, 0.1) is 5.69 Å². The molecule has 0 radical (unpaired) electrons. The van der Waals surface area contributed by atoms with E-state index in [1.54, 1.807) is 0 Å². The van der Waals surface area contributed by atoms with Gasteiger partial charge in [-0.05, 0) is 13.3 Å². The van der Waals surface area contributed by atoms with Gasteiger partial charge in [0.15, 0.2) is 0 Å². The molecule has 1 atom stereocenters. The van der Waals surface area contributed by atoms with E-state index in [4.69, 9.17) is 11.6 Å². The molecule has 24 heavy (non-hydrogen) atoms. The van der Waals surface area contributed by atoms with E-state index in [-0.39, 0.29) is 17.7 Å². The second kappa shape index (κ2) is 6.56. The number of rotatable bonds is 6. The van der Waals surface area contributed by atoms with Crippen LogP contribution in [-0.2, 0) is 6.42 Å². The van der Waals surface area contributed by atoms with Crippen molar-refractivity contribution >= 4 is 17.5 Å². The highest BCUT2D eigenvalue weighted by Gasteiger charge is 2.80. The number of hydrogen-bond acceptors (Lipinski definition) is 3. The summed E-state index contributed by atoms with van der Waals surface area (Å²) in [4.78, 5) is 6.31. The Balaban J connectivity index is 3.40. The van der Waals surface area contributed by atoms with Crippen molar-refractivity contribution in [1.82, 2.24) is 9.97 Å². The predicted octanol–water partition coefficient (Wildman–Crippen LogP) is 3.14. The zero-order valence-electron chi connectivity index (χ0n) is 12.0. The molecule has 1 unspecified atom stereocenters. The molecule has 1 aromatic heterocycles. The van der Waals surface area contributed by atoms with Crippen molar-refractivity contribution in [1.29, 1.82) is 0 Å². The van der Waals surface area contributed by atoms with Gasteiger partial charge in [-0.25, -0.2) is 13.8 Å². The number of alkyl halides is 8. The molecule has 4 nitrogen and oxygen atoms in total. The normalized spacial score (nSPS) is 15.0. The van der Waals surface area contributed by atoms with Gasteiger partial charge in [-0.3, -0.25) is 0 Å². The molecule has 1 N–H and O–H groups in total. The van der Waals surface area contributed by atoms with Crippen molar-refractivity contribution in [2.45, 2.75) is 44.6 Å². The van der Waals surface area contributed by atoms with Crippen molar-refractivity contribution < 1.29 is 40.2 Å². The molecule has 0 aliphatic rings. The highest BCUT2D eigenvalue weighted by molar-refractivity contribution is 6.30. The number of aryl methyl sites for hydroxylation is 1. The van der Waals surface area contributed by atoms with Crippen LogP contribution in [0.5, 0.6) is 0 Å². The number of hydrogen-bond donors (Lipinski definition) is 1. The maximum Gasteiger partial charge on any atom is 0.467 e. The minimum Gasteiger partial charge on any atom is -0.622 e. The molecule has 0 spiro atoms. The lowest BCUT2D eigenvalue weighted by molar-refractivity contribution is -0.909. The summed E-state index contributed by atoms with van der Waals surface area (Å²) in [5.74, 6) is -14.7. The summed E-state index contributed by atoms with van der Waals surface area (Å²) in [6, 6.07) is -6.18. The van der Waals surface area contributed by atoms with Crippen LogP contribution in [0.25, 0.3) is 0 Å². The Bertz CT molecular complexity index is 613. The molecule has 0 saturated heterocycles. The standard InChI is InChI=1S/C11H10ClF8N3O/c1-3-5-4(2)6(12)22-8(21-5)23(24)11(19,20)10(17,18)9(15,16)7(13)14/h7,23H,3H2,1-2H3. The second-order valence-electron chi connectivity index (χ2n) is 4.66. The van der Waals surface area contributed by atoms with Gasteiger partial charge in [0.1, 0.15) is 5.15 Å². The van der Waals surface area contributed by atoms with Gasteiger partial charge in [0.2, 0.25) is 0 Å². The van der Waals surface area contributed by atoms with Crippen LogP contribution in [0, 0.1) is 12.1 Å². The van der Waals surface area contributed by atoms with Gasteiger partial charge in [0, 0.05) is 5.56 Å². The Labute approximate surface area is 135 Å². The van der Waals surface area contributed by atoms with Gasteiger partial charge in [-0.15, -0.1) is 8.78 Å². The smallest absolute Gasteiger partial charge is 0.467 e. The van der Waals surface area contributed by atoms with Crippen molar-refractivity contribution in [3.63, 3.8) is 0 Å². The van der Waals surface area contributed by atoms with Crippen molar-refractivity contribution in [3.05, 3.63) is 21.6 Å². The highest BCUT2D eigenvalue weighted by atomic mass is 35.5. The first-order valence-corrected chi connectivity index (χ1v) is 6.59. The molecular weight excluding hydrogens is 378 g/mol. The molecule has 0 fully saturated rings. The summed E-state index contributed by atoms with van der Waals surface area (Å²) in [6.07, 6.45) is -5.09. The van der Waals surface area contributed by atoms with Gasteiger partial charge in [-0.1, -0.05) is 18.5 Å². The predicted molar refractivity (Wildman–Crippen MR) is 66.0 cm³/mol. The quantitative estimate of drug-likeness (QED) is 0.353. The first-order valence-electron chi connectivity index (χ1n) is 6.21. The molecule has 138 valence electrons. The van der Waals surface area contributed by atoms with Gasteiger partial charge < -0.3 is 5.21 Å². The fourth-order valence-electron chi connectivity index (χ4n) is 1.61. The number of nitrogens with zero attached hydrogens (tertiary/aromatic N) is 2. The Morgan fingerprint density at radius 2 is 1.62 bits per heavy atom. The van der Waals surface area contributed by atoms with Crippen LogP contribution in [0.4, 0.5) is 41.1 Å². The van der Waals surface area contributed by atoms with Crippen LogP contribution < -0.4 is 5.06 Å². The SMILES string of the molecule is CCc1nc([NH+]([O-])C(F)(F)C(F)(F)C(F)(F)C(F)F)nc(Cl)c1C. The lowest BCUT2D eigenvalue weighted by Crippen LogP contribution is -3.14. The van der Waals surface area contributed by atoms with E-state index in [9.17, 15) is 40.3 Å². The van der Waals surface area contributed by atoms with Crippen LogP contribution in [-0.4, -0.2) is 34.3 Å². The largest absolute Gasteiger partial charge is 0.622 e. The van der Waals surface area contributed by atoms with Gasteiger partial charge in [-0.2, -0.15) is 27.5 Å². The van der Waals surface area contributed by atoms with Crippen molar-refractivity contribution in [2.24, 2.45) is 0 Å². The lowest BCUT2D eigenvalue weighted by Gasteiger charge is -2.36. The Morgan fingerprint density at radius 3 is 2.04 bits per heavy atom. The number of quaternary nitrogens is 1. The van der Waals surface area contributed by atoms with Crippen molar-refractivity contribution in [2.75, 3.05) is 0 Å². The number of hydroxylamine groups is 1. The monoisotopic (exact) mass is 387 g/mol. The maximum atomic E-state index is 13.6. The molecule has 0 saturated carbocycles. The molecule has 0 amide bonds. The summed E-state index contributed by atoms with van der Waals surface area (Å²) in [7, 11) is 0. The molecule has 1 aromatic rings. The van der Waals surface area contributed by atoms with Crippen LogP contribution in [0.3, 0.4) is 0 Å². The van der Waals surface area contributed by atoms with E-state index < -0.39 is 40.5 Å². The molecule has 1 rings (SSSR count). The zero-order valence-corrected chi connectivity index (χ0v) is 12.7. The molecule has 0 bridgehead atoms. The fourth-order valence-corrected chi connectivity index (χ4v) is 1.80. The summed E-state index contributed by atoms with van der Waals surface area (Å²) in [5.41, 5.74) is 0.0850.